The number of hydrogen-bond donors (Lipinski definition) is 0. The quantitative estimate of drug-likeness (QED) is 0.385. The molecular formula is C6H11FIN. The van der Waals surface area contributed by atoms with E-state index in [-0.39, 0.29) is 0 Å². The molecule has 0 bridgehead atoms. The van der Waals surface area contributed by atoms with E-state index in [1.165, 1.54) is 0 Å². The number of piperidine rings is 1. The van der Waals surface area contributed by atoms with E-state index in [1.807, 2.05) is 0 Å². The van der Waals surface area contributed by atoms with Crippen molar-refractivity contribution in [2.24, 2.45) is 0 Å². The van der Waals surface area contributed by atoms with Gasteiger partial charge in [-0.05, 0) is 19.4 Å². The molecule has 0 amide bonds. The Kier molecular flexibility index (Phi) is 3.18. The van der Waals surface area contributed by atoms with Crippen LogP contribution < -0.4 is 0 Å². The molecule has 1 saturated heterocycles. The molecule has 1 rings (SSSR count). The van der Waals surface area contributed by atoms with Crippen molar-refractivity contribution in [3.05, 3.63) is 0 Å². The highest BCUT2D eigenvalue weighted by Crippen LogP contribution is 2.13. The Balaban J connectivity index is 2.23. The highest BCUT2D eigenvalue weighted by atomic mass is 127. The number of nitrogens with zero attached hydrogens (tertiary/aromatic N) is 1. The Morgan fingerprint density at radius 2 is 2.44 bits per heavy atom. The molecule has 1 aliphatic rings. The summed E-state index contributed by atoms with van der Waals surface area (Å²) in [5.74, 6) is 0. The largest absolute Gasteiger partial charge is 0.291 e. The average molecular weight is 243 g/mol. The molecule has 1 aliphatic heterocycles. The Labute approximate surface area is 68.7 Å². The van der Waals surface area contributed by atoms with Crippen LogP contribution in [-0.4, -0.2) is 28.7 Å². The molecule has 1 heterocycles. The maximum absolute atomic E-state index is 12.6. The summed E-state index contributed by atoms with van der Waals surface area (Å²) in [6.07, 6.45) is 1.24. The second-order valence-corrected chi connectivity index (χ2v) is 3.12. The van der Waals surface area contributed by atoms with E-state index in [1.54, 1.807) is 0 Å². The molecular weight excluding hydrogens is 232 g/mol. The van der Waals surface area contributed by atoms with Crippen LogP contribution in [0.25, 0.3) is 0 Å². The highest BCUT2D eigenvalue weighted by Gasteiger charge is 2.17. The molecule has 0 N–H and O–H groups in total. The maximum atomic E-state index is 12.6. The van der Waals surface area contributed by atoms with Gasteiger partial charge in [-0.3, -0.25) is 4.90 Å². The van der Waals surface area contributed by atoms with Crippen LogP contribution in [0.2, 0.25) is 0 Å². The fourth-order valence-electron chi connectivity index (χ4n) is 1.11. The van der Waals surface area contributed by atoms with Crippen LogP contribution in [0.15, 0.2) is 0 Å². The molecule has 0 aromatic rings. The number of likely N-dealkylation sites (tertiary alicyclic amines) is 1. The first-order chi connectivity index (χ1) is 4.33. The Morgan fingerprint density at radius 3 is 2.89 bits per heavy atom. The first-order valence-corrected chi connectivity index (χ1v) is 4.78. The van der Waals surface area contributed by atoms with Gasteiger partial charge in [0, 0.05) is 6.54 Å². The van der Waals surface area contributed by atoms with Crippen molar-refractivity contribution >= 4 is 22.6 Å². The second-order valence-electron chi connectivity index (χ2n) is 2.44. The molecule has 0 aromatic carbocycles. The van der Waals surface area contributed by atoms with Gasteiger partial charge >= 0.3 is 0 Å². The van der Waals surface area contributed by atoms with E-state index >= 15 is 0 Å². The topological polar surface area (TPSA) is 3.24 Å². The third-order valence-corrected chi connectivity index (χ3v) is 2.58. The molecule has 0 aliphatic carbocycles. The summed E-state index contributed by atoms with van der Waals surface area (Å²) >= 11 is 2.28. The van der Waals surface area contributed by atoms with Crippen molar-refractivity contribution in [3.8, 4) is 0 Å². The summed E-state index contributed by atoms with van der Waals surface area (Å²) in [7, 11) is 0. The summed E-state index contributed by atoms with van der Waals surface area (Å²) < 4.78 is 13.5. The monoisotopic (exact) mass is 243 g/mol. The highest BCUT2D eigenvalue weighted by molar-refractivity contribution is 14.1. The van der Waals surface area contributed by atoms with Crippen molar-refractivity contribution in [2.45, 2.75) is 19.0 Å². The normalized spacial score (nSPS) is 30.7. The minimum atomic E-state index is -0.562. The Hall–Kier alpha value is 0.620. The van der Waals surface area contributed by atoms with Gasteiger partial charge in [-0.25, -0.2) is 4.39 Å². The van der Waals surface area contributed by atoms with Gasteiger partial charge in [0.15, 0.2) is 0 Å². The molecule has 0 aromatic heterocycles. The van der Waals surface area contributed by atoms with Crippen LogP contribution in [0.1, 0.15) is 12.8 Å². The third kappa shape index (κ3) is 2.37. The molecule has 1 nitrogen and oxygen atoms in total. The first kappa shape index (κ1) is 7.72. The third-order valence-electron chi connectivity index (χ3n) is 1.62. The molecule has 1 unspecified atom stereocenters. The molecule has 54 valence electrons. The van der Waals surface area contributed by atoms with Gasteiger partial charge in [0.25, 0.3) is 0 Å². The lowest BCUT2D eigenvalue weighted by molar-refractivity contribution is 0.161. The predicted molar refractivity (Wildman–Crippen MR) is 44.6 cm³/mol. The van der Waals surface area contributed by atoms with Crippen molar-refractivity contribution < 1.29 is 4.39 Å². The fraction of sp³-hybridized carbons (Fsp3) is 1.00. The number of alkyl halides is 2. The van der Waals surface area contributed by atoms with Crippen LogP contribution in [0, 0.1) is 0 Å². The Morgan fingerprint density at radius 1 is 1.67 bits per heavy atom. The lowest BCUT2D eigenvalue weighted by Crippen LogP contribution is -2.35. The van der Waals surface area contributed by atoms with E-state index in [4.69, 9.17) is 0 Å². The van der Waals surface area contributed by atoms with Gasteiger partial charge in [-0.2, -0.15) is 0 Å². The lowest BCUT2D eigenvalue weighted by Gasteiger charge is -2.26. The van der Waals surface area contributed by atoms with E-state index in [0.717, 1.165) is 23.9 Å². The second kappa shape index (κ2) is 3.71. The summed E-state index contributed by atoms with van der Waals surface area (Å²) in [5, 5.41) is 0. The zero-order chi connectivity index (χ0) is 6.69. The zero-order valence-electron chi connectivity index (χ0n) is 5.32. The molecule has 0 spiro atoms. The van der Waals surface area contributed by atoms with Gasteiger partial charge in [0.05, 0.1) is 4.55 Å². The van der Waals surface area contributed by atoms with E-state index < -0.39 is 6.17 Å². The smallest absolute Gasteiger partial charge is 0.113 e. The predicted octanol–water partition coefficient (Wildman–Crippen LogP) is 1.81. The van der Waals surface area contributed by atoms with Crippen molar-refractivity contribution in [3.63, 3.8) is 0 Å². The standard InChI is InChI=1S/C6H11FIN/c7-6-2-1-3-9(4-6)5-8/h6H,1-5H2. The fourth-order valence-corrected chi connectivity index (χ4v) is 1.73. The zero-order valence-corrected chi connectivity index (χ0v) is 7.47. The van der Waals surface area contributed by atoms with Crippen LogP contribution in [0.5, 0.6) is 0 Å². The summed E-state index contributed by atoms with van der Waals surface area (Å²) in [4.78, 5) is 2.15. The summed E-state index contributed by atoms with van der Waals surface area (Å²) in [5.41, 5.74) is 0. The SMILES string of the molecule is FC1CCCN(CI)C1. The first-order valence-electron chi connectivity index (χ1n) is 3.25. The number of halogens is 2. The van der Waals surface area contributed by atoms with Crippen LogP contribution >= 0.6 is 22.6 Å². The number of rotatable bonds is 1. The maximum Gasteiger partial charge on any atom is 0.113 e. The Bertz CT molecular complexity index is 89.1. The summed E-state index contributed by atoms with van der Waals surface area (Å²) in [6.45, 7) is 1.74. The van der Waals surface area contributed by atoms with Gasteiger partial charge in [-0.15, -0.1) is 0 Å². The molecule has 3 heteroatoms. The molecule has 0 radical (unpaired) electrons. The number of hydrogen-bond acceptors (Lipinski definition) is 1. The van der Waals surface area contributed by atoms with Crippen molar-refractivity contribution in [2.75, 3.05) is 17.6 Å². The van der Waals surface area contributed by atoms with Crippen LogP contribution in [0.4, 0.5) is 4.39 Å². The van der Waals surface area contributed by atoms with Gasteiger partial charge in [0.2, 0.25) is 0 Å². The average Bonchev–Trinajstić information content (AvgIpc) is 1.88. The molecule has 9 heavy (non-hydrogen) atoms. The van der Waals surface area contributed by atoms with Crippen LogP contribution in [0.3, 0.4) is 0 Å². The minimum absolute atomic E-state index is 0.562. The lowest BCUT2D eigenvalue weighted by atomic mass is 10.1. The van der Waals surface area contributed by atoms with E-state index in [2.05, 4.69) is 27.5 Å². The molecule has 0 saturated carbocycles. The summed E-state index contributed by atoms with van der Waals surface area (Å²) in [6, 6.07) is 0. The molecule has 1 atom stereocenters. The van der Waals surface area contributed by atoms with E-state index in [0.29, 0.717) is 6.54 Å². The minimum Gasteiger partial charge on any atom is -0.291 e. The van der Waals surface area contributed by atoms with Gasteiger partial charge < -0.3 is 0 Å². The van der Waals surface area contributed by atoms with Crippen molar-refractivity contribution in [1.29, 1.82) is 0 Å². The van der Waals surface area contributed by atoms with Gasteiger partial charge in [0.1, 0.15) is 6.17 Å². The molecule has 1 fully saturated rings. The van der Waals surface area contributed by atoms with Gasteiger partial charge in [-0.1, -0.05) is 22.6 Å². The van der Waals surface area contributed by atoms with Crippen molar-refractivity contribution in [1.82, 2.24) is 4.90 Å². The van der Waals surface area contributed by atoms with Crippen LogP contribution in [-0.2, 0) is 0 Å². The van der Waals surface area contributed by atoms with E-state index in [9.17, 15) is 4.39 Å².